The maximum Gasteiger partial charge on any atom is 0.168 e. The van der Waals surface area contributed by atoms with Crippen LogP contribution in [0.2, 0.25) is 0 Å². The van der Waals surface area contributed by atoms with Crippen molar-refractivity contribution in [1.82, 2.24) is 4.98 Å². The zero-order valence-electron chi connectivity index (χ0n) is 12.8. The van der Waals surface area contributed by atoms with Crippen molar-refractivity contribution in [1.29, 1.82) is 0 Å². The molecular weight excluding hydrogens is 314 g/mol. The molecule has 0 aliphatic heterocycles. The first-order chi connectivity index (χ1) is 11.9. The van der Waals surface area contributed by atoms with Crippen LogP contribution >= 0.6 is 11.3 Å². The van der Waals surface area contributed by atoms with Gasteiger partial charge in [0.1, 0.15) is 11.5 Å². The van der Waals surface area contributed by atoms with Gasteiger partial charge in [0, 0.05) is 5.56 Å². The van der Waals surface area contributed by atoms with Crippen molar-refractivity contribution in [3.63, 3.8) is 0 Å². The maximum atomic E-state index is 5.78. The molecule has 0 aliphatic carbocycles. The molecule has 0 bridgehead atoms. The number of benzene rings is 3. The average Bonchev–Trinajstić information content (AvgIpc) is 3.05. The van der Waals surface area contributed by atoms with Gasteiger partial charge in [-0.1, -0.05) is 36.3 Å². The lowest BCUT2D eigenvalue weighted by molar-refractivity contribution is 0.482. The molecular formula is C21H13NOS. The normalized spacial score (nSPS) is 10.2. The molecule has 0 N–H and O–H groups in total. The van der Waals surface area contributed by atoms with Crippen LogP contribution in [0.15, 0.2) is 78.9 Å². The van der Waals surface area contributed by atoms with Crippen molar-refractivity contribution in [2.24, 2.45) is 0 Å². The topological polar surface area (TPSA) is 22.1 Å². The predicted octanol–water partition coefficient (Wildman–Crippen LogP) is 5.49. The van der Waals surface area contributed by atoms with Gasteiger partial charge >= 0.3 is 0 Å². The lowest BCUT2D eigenvalue weighted by Crippen LogP contribution is -1.83. The summed E-state index contributed by atoms with van der Waals surface area (Å²) in [4.78, 5) is 4.52. The standard InChI is InChI=1S/C21H13NOS/c1-2-6-17(7-3-1)23-18-13-10-16(11-14-18)12-15-21-22-19-8-4-5-9-20(19)24-21/h1-11,13-14H. The Morgan fingerprint density at radius 2 is 1.42 bits per heavy atom. The van der Waals surface area contributed by atoms with E-state index in [-0.39, 0.29) is 0 Å². The second kappa shape index (κ2) is 6.57. The Balaban J connectivity index is 1.51. The molecule has 0 saturated carbocycles. The van der Waals surface area contributed by atoms with Crippen LogP contribution in [0.5, 0.6) is 11.5 Å². The van der Waals surface area contributed by atoms with Crippen LogP contribution in [-0.4, -0.2) is 4.98 Å². The van der Waals surface area contributed by atoms with Crippen molar-refractivity contribution in [3.05, 3.63) is 89.4 Å². The Morgan fingerprint density at radius 3 is 2.21 bits per heavy atom. The number of aromatic nitrogens is 1. The molecule has 0 atom stereocenters. The Labute approximate surface area is 144 Å². The first kappa shape index (κ1) is 14.5. The van der Waals surface area contributed by atoms with Gasteiger partial charge in [-0.05, 0) is 54.5 Å². The molecule has 3 aromatic carbocycles. The number of para-hydroxylation sites is 2. The molecule has 4 aromatic rings. The number of nitrogens with zero attached hydrogens (tertiary/aromatic N) is 1. The summed E-state index contributed by atoms with van der Waals surface area (Å²) in [5.74, 6) is 7.91. The SMILES string of the molecule is C(#Cc1nc2ccccc2s1)c1ccc(Oc2ccccc2)cc1. The van der Waals surface area contributed by atoms with Crippen LogP contribution in [0, 0.1) is 11.8 Å². The average molecular weight is 327 g/mol. The van der Waals surface area contributed by atoms with Crippen molar-refractivity contribution in [3.8, 4) is 23.3 Å². The van der Waals surface area contributed by atoms with Crippen LogP contribution < -0.4 is 4.74 Å². The number of thiazole rings is 1. The van der Waals surface area contributed by atoms with Gasteiger partial charge in [0.05, 0.1) is 10.2 Å². The van der Waals surface area contributed by atoms with Crippen molar-refractivity contribution >= 4 is 21.6 Å². The molecule has 114 valence electrons. The number of ether oxygens (including phenoxy) is 1. The number of hydrogen-bond donors (Lipinski definition) is 0. The molecule has 1 aromatic heterocycles. The second-order valence-electron chi connectivity index (χ2n) is 5.18. The first-order valence-corrected chi connectivity index (χ1v) is 8.39. The molecule has 0 saturated heterocycles. The minimum atomic E-state index is 0.798. The van der Waals surface area contributed by atoms with E-state index in [1.54, 1.807) is 11.3 Å². The monoisotopic (exact) mass is 327 g/mol. The van der Waals surface area contributed by atoms with Crippen LogP contribution in [0.4, 0.5) is 0 Å². The van der Waals surface area contributed by atoms with Crippen LogP contribution in [0.1, 0.15) is 10.6 Å². The molecule has 0 spiro atoms. The lowest BCUT2D eigenvalue weighted by atomic mass is 10.2. The van der Waals surface area contributed by atoms with Crippen LogP contribution in [0.25, 0.3) is 10.2 Å². The first-order valence-electron chi connectivity index (χ1n) is 7.57. The second-order valence-corrected chi connectivity index (χ2v) is 6.21. The summed E-state index contributed by atoms with van der Waals surface area (Å²) in [6.45, 7) is 0. The van der Waals surface area contributed by atoms with Gasteiger partial charge in [0.25, 0.3) is 0 Å². The predicted molar refractivity (Wildman–Crippen MR) is 98.6 cm³/mol. The summed E-state index contributed by atoms with van der Waals surface area (Å²) in [5.41, 5.74) is 1.94. The van der Waals surface area contributed by atoms with Gasteiger partial charge in [-0.3, -0.25) is 0 Å². The van der Waals surface area contributed by atoms with Crippen LogP contribution in [0.3, 0.4) is 0 Å². The third-order valence-electron chi connectivity index (χ3n) is 3.44. The van der Waals surface area contributed by atoms with E-state index in [0.717, 1.165) is 32.3 Å². The van der Waals surface area contributed by atoms with Gasteiger partial charge in [-0.2, -0.15) is 0 Å². The van der Waals surface area contributed by atoms with Crippen molar-refractivity contribution in [2.45, 2.75) is 0 Å². The van der Waals surface area contributed by atoms with E-state index < -0.39 is 0 Å². The quantitative estimate of drug-likeness (QED) is 0.454. The molecule has 2 nitrogen and oxygen atoms in total. The zero-order valence-corrected chi connectivity index (χ0v) is 13.6. The molecule has 4 rings (SSSR count). The number of hydrogen-bond acceptors (Lipinski definition) is 3. The minimum absolute atomic E-state index is 0.798. The highest BCUT2D eigenvalue weighted by Crippen LogP contribution is 2.22. The summed E-state index contributed by atoms with van der Waals surface area (Å²) in [7, 11) is 0. The summed E-state index contributed by atoms with van der Waals surface area (Å²) >= 11 is 1.61. The fourth-order valence-corrected chi connectivity index (χ4v) is 3.10. The summed E-state index contributed by atoms with van der Waals surface area (Å²) in [5, 5.41) is 0.834. The maximum absolute atomic E-state index is 5.78. The largest absolute Gasteiger partial charge is 0.457 e. The zero-order chi connectivity index (χ0) is 16.2. The van der Waals surface area contributed by atoms with E-state index >= 15 is 0 Å². The van der Waals surface area contributed by atoms with Gasteiger partial charge in [0.15, 0.2) is 5.01 Å². The third kappa shape index (κ3) is 3.29. The highest BCUT2D eigenvalue weighted by Gasteiger charge is 2.00. The Kier molecular flexibility index (Phi) is 3.97. The van der Waals surface area contributed by atoms with Crippen LogP contribution in [-0.2, 0) is 0 Å². The molecule has 1 heterocycles. The van der Waals surface area contributed by atoms with Gasteiger partial charge in [0.2, 0.25) is 0 Å². The fraction of sp³-hybridized carbons (Fsp3) is 0. The number of fused-ring (bicyclic) bond motifs is 1. The Bertz CT molecular complexity index is 991. The minimum Gasteiger partial charge on any atom is -0.457 e. The highest BCUT2D eigenvalue weighted by atomic mass is 32.1. The molecule has 24 heavy (non-hydrogen) atoms. The molecule has 0 fully saturated rings. The Morgan fingerprint density at radius 1 is 0.708 bits per heavy atom. The summed E-state index contributed by atoms with van der Waals surface area (Å²) in [6.07, 6.45) is 0. The van der Waals surface area contributed by atoms with Crippen molar-refractivity contribution < 1.29 is 4.74 Å². The summed E-state index contributed by atoms with van der Waals surface area (Å²) < 4.78 is 6.94. The third-order valence-corrected chi connectivity index (χ3v) is 4.39. The van der Waals surface area contributed by atoms with Crippen molar-refractivity contribution in [2.75, 3.05) is 0 Å². The van der Waals surface area contributed by atoms with Gasteiger partial charge in [-0.25, -0.2) is 4.98 Å². The Hall–Kier alpha value is -3.09. The van der Waals surface area contributed by atoms with E-state index in [4.69, 9.17) is 4.74 Å². The van der Waals surface area contributed by atoms with Gasteiger partial charge in [-0.15, -0.1) is 11.3 Å². The smallest absolute Gasteiger partial charge is 0.168 e. The summed E-state index contributed by atoms with van der Waals surface area (Å²) in [6, 6.07) is 25.6. The molecule has 0 radical (unpaired) electrons. The van der Waals surface area contributed by atoms with E-state index in [1.807, 2.05) is 72.8 Å². The lowest BCUT2D eigenvalue weighted by Gasteiger charge is -2.04. The van der Waals surface area contributed by atoms with E-state index in [9.17, 15) is 0 Å². The number of rotatable bonds is 2. The fourth-order valence-electron chi connectivity index (χ4n) is 2.28. The molecule has 0 unspecified atom stereocenters. The molecule has 0 aliphatic rings. The van der Waals surface area contributed by atoms with Gasteiger partial charge < -0.3 is 4.74 Å². The highest BCUT2D eigenvalue weighted by molar-refractivity contribution is 7.19. The molecule has 0 amide bonds. The molecule has 3 heteroatoms. The van der Waals surface area contributed by atoms with E-state index in [0.29, 0.717) is 0 Å². The van der Waals surface area contributed by atoms with E-state index in [2.05, 4.69) is 22.9 Å². The van der Waals surface area contributed by atoms with E-state index in [1.165, 1.54) is 0 Å².